The maximum atomic E-state index is 11.9. The van der Waals surface area contributed by atoms with Crippen LogP contribution in [0.1, 0.15) is 21.0 Å². The zero-order chi connectivity index (χ0) is 12.5. The van der Waals surface area contributed by atoms with Crippen LogP contribution >= 0.6 is 11.3 Å². The molecule has 0 bridgehead atoms. The first-order valence-electron chi connectivity index (χ1n) is 5.24. The van der Waals surface area contributed by atoms with Gasteiger partial charge in [0.1, 0.15) is 0 Å². The predicted molar refractivity (Wildman–Crippen MR) is 62.3 cm³/mol. The monoisotopic (exact) mass is 255 g/mol. The Balaban J connectivity index is 2.14. The van der Waals surface area contributed by atoms with Gasteiger partial charge in [0.25, 0.3) is 5.91 Å². The number of ether oxygens (including phenoxy) is 1. The van der Waals surface area contributed by atoms with E-state index in [0.717, 1.165) is 4.88 Å². The summed E-state index contributed by atoms with van der Waals surface area (Å²) in [5.74, 6) is -1.40. The minimum Gasteiger partial charge on any atom is -0.479 e. The third-order valence-electron chi connectivity index (χ3n) is 2.75. The fourth-order valence-electron chi connectivity index (χ4n) is 1.72. The van der Waals surface area contributed by atoms with Gasteiger partial charge in [-0.25, -0.2) is 4.79 Å². The topological polar surface area (TPSA) is 75.6 Å². The first kappa shape index (κ1) is 12.1. The molecule has 1 amide bonds. The molecule has 0 spiro atoms. The fraction of sp³-hybridized carbons (Fsp3) is 0.455. The second kappa shape index (κ2) is 4.46. The van der Waals surface area contributed by atoms with Crippen LogP contribution in [0, 0.1) is 6.92 Å². The van der Waals surface area contributed by atoms with E-state index >= 15 is 0 Å². The van der Waals surface area contributed by atoms with E-state index in [1.54, 1.807) is 6.07 Å². The van der Waals surface area contributed by atoms with Crippen molar-refractivity contribution in [3.05, 3.63) is 21.9 Å². The highest BCUT2D eigenvalue weighted by atomic mass is 32.1. The lowest BCUT2D eigenvalue weighted by Gasteiger charge is -2.23. The van der Waals surface area contributed by atoms with Gasteiger partial charge in [-0.1, -0.05) is 0 Å². The third-order valence-corrected chi connectivity index (χ3v) is 3.75. The van der Waals surface area contributed by atoms with Crippen LogP contribution in [0.5, 0.6) is 0 Å². The Morgan fingerprint density at radius 2 is 2.29 bits per heavy atom. The molecular formula is C11H13NO4S. The number of amides is 1. The fourth-order valence-corrected chi connectivity index (χ4v) is 2.48. The highest BCUT2D eigenvalue weighted by Gasteiger charge is 2.44. The summed E-state index contributed by atoms with van der Waals surface area (Å²) in [6.45, 7) is 2.28. The van der Waals surface area contributed by atoms with Crippen molar-refractivity contribution in [1.29, 1.82) is 0 Å². The zero-order valence-electron chi connectivity index (χ0n) is 9.36. The van der Waals surface area contributed by atoms with Gasteiger partial charge in [0.15, 0.2) is 5.54 Å². The summed E-state index contributed by atoms with van der Waals surface area (Å²) in [7, 11) is 0. The van der Waals surface area contributed by atoms with E-state index in [1.165, 1.54) is 11.3 Å². The molecule has 2 N–H and O–H groups in total. The normalized spacial score (nSPS) is 23.6. The Morgan fingerprint density at radius 3 is 2.76 bits per heavy atom. The molecule has 1 aromatic rings. The first-order valence-corrected chi connectivity index (χ1v) is 6.05. The predicted octanol–water partition coefficient (Wildman–Crippen LogP) is 1.03. The third kappa shape index (κ3) is 2.32. The number of hydrogen-bond acceptors (Lipinski definition) is 4. The minimum absolute atomic E-state index is 0.0262. The van der Waals surface area contributed by atoms with E-state index in [4.69, 9.17) is 4.74 Å². The van der Waals surface area contributed by atoms with Gasteiger partial charge in [-0.05, 0) is 19.1 Å². The molecule has 5 nitrogen and oxygen atoms in total. The summed E-state index contributed by atoms with van der Waals surface area (Å²) in [5.41, 5.74) is -1.27. The second-order valence-electron chi connectivity index (χ2n) is 4.05. The maximum Gasteiger partial charge on any atom is 0.331 e. The zero-order valence-corrected chi connectivity index (χ0v) is 10.2. The van der Waals surface area contributed by atoms with Crippen LogP contribution in [-0.2, 0) is 9.53 Å². The van der Waals surface area contributed by atoms with E-state index in [0.29, 0.717) is 17.9 Å². The summed E-state index contributed by atoms with van der Waals surface area (Å²) in [6, 6.07) is 3.53. The van der Waals surface area contributed by atoms with Gasteiger partial charge in [-0.15, -0.1) is 11.3 Å². The quantitative estimate of drug-likeness (QED) is 0.846. The molecule has 0 saturated carbocycles. The van der Waals surface area contributed by atoms with Crippen molar-refractivity contribution < 1.29 is 19.4 Å². The van der Waals surface area contributed by atoms with Crippen LogP contribution in [0.15, 0.2) is 12.1 Å². The molecule has 1 aromatic heterocycles. The lowest BCUT2D eigenvalue weighted by molar-refractivity contribution is -0.144. The van der Waals surface area contributed by atoms with Crippen LogP contribution < -0.4 is 5.32 Å². The van der Waals surface area contributed by atoms with Crippen molar-refractivity contribution in [2.75, 3.05) is 13.2 Å². The first-order chi connectivity index (χ1) is 8.03. The standard InChI is InChI=1S/C11H13NO4S/c1-7-2-3-8(17-7)9(13)12-11(10(14)15)4-5-16-6-11/h2-3H,4-6H2,1H3,(H,12,13)(H,14,15). The number of aliphatic carboxylic acids is 1. The smallest absolute Gasteiger partial charge is 0.331 e. The van der Waals surface area contributed by atoms with Crippen molar-refractivity contribution in [1.82, 2.24) is 5.32 Å². The lowest BCUT2D eigenvalue weighted by Crippen LogP contribution is -2.55. The highest BCUT2D eigenvalue weighted by molar-refractivity contribution is 7.13. The SMILES string of the molecule is Cc1ccc(C(=O)NC2(C(=O)O)CCOC2)s1. The second-order valence-corrected chi connectivity index (χ2v) is 5.34. The Bertz CT molecular complexity index is 448. The number of aryl methyl sites for hydroxylation is 1. The molecule has 1 saturated heterocycles. The minimum atomic E-state index is -1.27. The Kier molecular flexibility index (Phi) is 3.17. The number of carboxylic acid groups (broad SMARTS) is 1. The maximum absolute atomic E-state index is 11.9. The van der Waals surface area contributed by atoms with Gasteiger partial charge in [0.05, 0.1) is 11.5 Å². The summed E-state index contributed by atoms with van der Waals surface area (Å²) in [6.07, 6.45) is 0.304. The molecule has 0 radical (unpaired) electrons. The molecule has 1 aliphatic heterocycles. The summed E-state index contributed by atoms with van der Waals surface area (Å²) in [5, 5.41) is 11.7. The number of thiophene rings is 1. The molecular weight excluding hydrogens is 242 g/mol. The molecule has 92 valence electrons. The van der Waals surface area contributed by atoms with Crippen LogP contribution in [0.4, 0.5) is 0 Å². The number of nitrogens with one attached hydrogen (secondary N) is 1. The molecule has 17 heavy (non-hydrogen) atoms. The van der Waals surface area contributed by atoms with Crippen molar-refractivity contribution in [3.8, 4) is 0 Å². The Labute approximate surface area is 102 Å². The summed E-state index contributed by atoms with van der Waals surface area (Å²) in [4.78, 5) is 24.6. The van der Waals surface area contributed by atoms with Gasteiger partial charge in [0.2, 0.25) is 0 Å². The van der Waals surface area contributed by atoms with E-state index in [9.17, 15) is 14.7 Å². The molecule has 1 unspecified atom stereocenters. The molecule has 6 heteroatoms. The number of rotatable bonds is 3. The van der Waals surface area contributed by atoms with Crippen LogP contribution in [0.3, 0.4) is 0 Å². The Hall–Kier alpha value is -1.40. The van der Waals surface area contributed by atoms with Crippen molar-refractivity contribution >= 4 is 23.2 Å². The van der Waals surface area contributed by atoms with E-state index in [-0.39, 0.29) is 12.5 Å². The average Bonchev–Trinajstić information content (AvgIpc) is 2.87. The molecule has 0 aromatic carbocycles. The lowest BCUT2D eigenvalue weighted by atomic mass is 9.99. The molecule has 0 aliphatic carbocycles. The molecule has 2 rings (SSSR count). The molecule has 1 aliphatic rings. The van der Waals surface area contributed by atoms with Gasteiger partial charge in [0, 0.05) is 17.9 Å². The van der Waals surface area contributed by atoms with Gasteiger partial charge >= 0.3 is 5.97 Å². The van der Waals surface area contributed by atoms with E-state index in [2.05, 4.69) is 5.32 Å². The number of carboxylic acids is 1. The van der Waals surface area contributed by atoms with Gasteiger partial charge in [-0.2, -0.15) is 0 Å². The van der Waals surface area contributed by atoms with Crippen LogP contribution in [-0.4, -0.2) is 35.7 Å². The average molecular weight is 255 g/mol. The number of carbonyl (C=O) groups excluding carboxylic acids is 1. The van der Waals surface area contributed by atoms with Crippen LogP contribution in [0.2, 0.25) is 0 Å². The molecule has 2 heterocycles. The van der Waals surface area contributed by atoms with Crippen molar-refractivity contribution in [3.63, 3.8) is 0 Å². The van der Waals surface area contributed by atoms with Crippen LogP contribution in [0.25, 0.3) is 0 Å². The van der Waals surface area contributed by atoms with Crippen molar-refractivity contribution in [2.45, 2.75) is 18.9 Å². The Morgan fingerprint density at radius 1 is 1.53 bits per heavy atom. The summed E-state index contributed by atoms with van der Waals surface area (Å²) >= 11 is 1.34. The largest absolute Gasteiger partial charge is 0.479 e. The summed E-state index contributed by atoms with van der Waals surface area (Å²) < 4.78 is 5.07. The molecule has 1 atom stereocenters. The van der Waals surface area contributed by atoms with Crippen molar-refractivity contribution in [2.24, 2.45) is 0 Å². The van der Waals surface area contributed by atoms with Gasteiger partial charge in [-0.3, -0.25) is 4.79 Å². The molecule has 1 fully saturated rings. The van der Waals surface area contributed by atoms with E-state index in [1.807, 2.05) is 13.0 Å². The highest BCUT2D eigenvalue weighted by Crippen LogP contribution is 2.21. The van der Waals surface area contributed by atoms with Gasteiger partial charge < -0.3 is 15.2 Å². The van der Waals surface area contributed by atoms with E-state index < -0.39 is 11.5 Å². The number of hydrogen-bond donors (Lipinski definition) is 2. The number of carbonyl (C=O) groups is 2.